The van der Waals surface area contributed by atoms with Crippen molar-refractivity contribution in [1.82, 2.24) is 0 Å². The highest BCUT2D eigenvalue weighted by molar-refractivity contribution is 5.71. The fourth-order valence-electron chi connectivity index (χ4n) is 7.09. The van der Waals surface area contributed by atoms with E-state index in [0.717, 1.165) is 83.5 Å². The molecule has 0 aromatic carbocycles. The van der Waals surface area contributed by atoms with Crippen molar-refractivity contribution in [2.24, 2.45) is 0 Å². The summed E-state index contributed by atoms with van der Waals surface area (Å²) in [6.45, 7) is 6.41. The monoisotopic (exact) mass is 903 g/mol. The van der Waals surface area contributed by atoms with Gasteiger partial charge in [-0.25, -0.2) is 0 Å². The maximum absolute atomic E-state index is 12.8. The minimum absolute atomic E-state index is 0.102. The average molecular weight is 903 g/mol. The molecule has 0 aromatic rings. The smallest absolute Gasteiger partial charge is 0.306 e. The zero-order valence-electron chi connectivity index (χ0n) is 42.2. The van der Waals surface area contributed by atoms with E-state index in [4.69, 9.17) is 14.2 Å². The first-order chi connectivity index (χ1) is 32.0. The van der Waals surface area contributed by atoms with Gasteiger partial charge >= 0.3 is 17.9 Å². The highest BCUT2D eigenvalue weighted by atomic mass is 16.6. The molecule has 0 spiro atoms. The second-order valence-corrected chi connectivity index (χ2v) is 17.4. The predicted octanol–water partition coefficient (Wildman–Crippen LogP) is 17.8. The summed E-state index contributed by atoms with van der Waals surface area (Å²) in [5, 5.41) is 0. The normalized spacial score (nSPS) is 12.8. The summed E-state index contributed by atoms with van der Waals surface area (Å²) >= 11 is 0. The Balaban J connectivity index is 4.43. The first-order valence-corrected chi connectivity index (χ1v) is 26.7. The average Bonchev–Trinajstić information content (AvgIpc) is 3.30. The molecule has 0 saturated carbocycles. The van der Waals surface area contributed by atoms with Crippen LogP contribution in [0.15, 0.2) is 97.2 Å². The molecule has 0 rings (SSSR count). The van der Waals surface area contributed by atoms with Crippen molar-refractivity contribution >= 4 is 17.9 Å². The number of esters is 3. The zero-order valence-corrected chi connectivity index (χ0v) is 42.2. The number of hydrogen-bond donors (Lipinski definition) is 0. The van der Waals surface area contributed by atoms with Gasteiger partial charge in [0.2, 0.25) is 0 Å². The van der Waals surface area contributed by atoms with Crippen molar-refractivity contribution in [2.45, 2.75) is 245 Å². The summed E-state index contributed by atoms with van der Waals surface area (Å²) in [7, 11) is 0. The molecular formula is C59H98O6. The lowest BCUT2D eigenvalue weighted by molar-refractivity contribution is -0.166. The third kappa shape index (κ3) is 51.2. The highest BCUT2D eigenvalue weighted by Crippen LogP contribution is 2.14. The molecule has 65 heavy (non-hydrogen) atoms. The van der Waals surface area contributed by atoms with Gasteiger partial charge in [-0.2, -0.15) is 0 Å². The van der Waals surface area contributed by atoms with E-state index in [0.29, 0.717) is 19.3 Å². The van der Waals surface area contributed by atoms with E-state index in [1.807, 2.05) is 6.08 Å². The molecule has 0 fully saturated rings. The van der Waals surface area contributed by atoms with Gasteiger partial charge in [-0.1, -0.05) is 227 Å². The lowest BCUT2D eigenvalue weighted by Crippen LogP contribution is -2.30. The van der Waals surface area contributed by atoms with Crippen LogP contribution in [0.5, 0.6) is 0 Å². The Hall–Kier alpha value is -3.67. The minimum atomic E-state index is -0.808. The van der Waals surface area contributed by atoms with Crippen molar-refractivity contribution in [3.05, 3.63) is 97.2 Å². The van der Waals surface area contributed by atoms with Crippen molar-refractivity contribution in [3.63, 3.8) is 0 Å². The van der Waals surface area contributed by atoms with Crippen LogP contribution in [-0.2, 0) is 28.6 Å². The fraction of sp³-hybridized carbons (Fsp3) is 0.678. The van der Waals surface area contributed by atoms with Crippen LogP contribution < -0.4 is 0 Å². The predicted molar refractivity (Wildman–Crippen MR) is 279 cm³/mol. The van der Waals surface area contributed by atoms with Crippen molar-refractivity contribution in [1.29, 1.82) is 0 Å². The van der Waals surface area contributed by atoms with Gasteiger partial charge in [0.15, 0.2) is 6.10 Å². The summed E-state index contributed by atoms with van der Waals surface area (Å²) in [6, 6.07) is 0. The van der Waals surface area contributed by atoms with Gasteiger partial charge in [-0.15, -0.1) is 0 Å². The molecule has 6 nitrogen and oxygen atoms in total. The number of hydrogen-bond acceptors (Lipinski definition) is 6. The number of ether oxygens (including phenoxy) is 3. The SMILES string of the molecule is CC/C=C\C/C=C\C/C=C\C/C=C\C/C=C\C/C=C\CCC(=O)OCC(COC(=O)CCCCCCCCCCC)OC(=O)CCCCCCCCCCC/C=C\C/C=C\CCCCC. The lowest BCUT2D eigenvalue weighted by Gasteiger charge is -2.18. The van der Waals surface area contributed by atoms with Crippen molar-refractivity contribution in [3.8, 4) is 0 Å². The Morgan fingerprint density at radius 1 is 0.323 bits per heavy atom. The molecule has 1 atom stereocenters. The third-order valence-electron chi connectivity index (χ3n) is 11.1. The second kappa shape index (κ2) is 52.9. The molecule has 6 heteroatoms. The number of allylic oxidation sites excluding steroid dienone is 16. The molecular weight excluding hydrogens is 805 g/mol. The quantitative estimate of drug-likeness (QED) is 0.0262. The Labute approximate surface area is 400 Å². The summed E-state index contributed by atoms with van der Waals surface area (Å²) in [4.78, 5) is 37.9. The molecule has 1 unspecified atom stereocenters. The maximum atomic E-state index is 12.8. The first kappa shape index (κ1) is 61.3. The van der Waals surface area contributed by atoms with Gasteiger partial charge in [0, 0.05) is 19.3 Å². The van der Waals surface area contributed by atoms with Gasteiger partial charge < -0.3 is 14.2 Å². The summed E-state index contributed by atoms with van der Waals surface area (Å²) in [5.41, 5.74) is 0. The molecule has 0 aliphatic carbocycles. The highest BCUT2D eigenvalue weighted by Gasteiger charge is 2.19. The third-order valence-corrected chi connectivity index (χ3v) is 11.1. The number of unbranched alkanes of at least 4 members (excludes halogenated alkanes) is 20. The molecule has 0 bridgehead atoms. The second-order valence-electron chi connectivity index (χ2n) is 17.4. The van der Waals surface area contributed by atoms with Crippen LogP contribution in [0.1, 0.15) is 239 Å². The maximum Gasteiger partial charge on any atom is 0.306 e. The van der Waals surface area contributed by atoms with E-state index < -0.39 is 6.10 Å². The van der Waals surface area contributed by atoms with E-state index in [1.165, 1.54) is 109 Å². The first-order valence-electron chi connectivity index (χ1n) is 26.7. The molecule has 0 amide bonds. The van der Waals surface area contributed by atoms with Crippen LogP contribution >= 0.6 is 0 Å². The van der Waals surface area contributed by atoms with Crippen LogP contribution in [0.25, 0.3) is 0 Å². The summed E-state index contributed by atoms with van der Waals surface area (Å²) in [5.74, 6) is -0.998. The fourth-order valence-corrected chi connectivity index (χ4v) is 7.09. The Bertz CT molecular complexity index is 1310. The standard InChI is InChI=1S/C59H98O6/c1-4-7-10-13-16-19-21-23-25-27-29-31-33-35-37-40-43-46-49-52-58(61)64-55-56(54-63-57(60)51-48-45-42-39-18-15-12-9-6-3)65-59(62)53-50-47-44-41-38-36-34-32-30-28-26-24-22-20-17-14-11-8-5-2/h7,10,16-17,19-20,23-26,29,31,35,37,43,46,56H,4-6,8-9,11-15,18,21-22,27-28,30,32-34,36,38-42,44-45,47-55H2,1-3H3/b10-7-,19-16-,20-17-,25-23-,26-24-,31-29-,37-35-,46-43-. The van der Waals surface area contributed by atoms with Crippen LogP contribution in [0, 0.1) is 0 Å². The molecule has 0 saturated heterocycles. The Morgan fingerprint density at radius 3 is 1.06 bits per heavy atom. The van der Waals surface area contributed by atoms with E-state index in [2.05, 4.69) is 112 Å². The molecule has 0 aliphatic heterocycles. The van der Waals surface area contributed by atoms with E-state index in [-0.39, 0.29) is 37.5 Å². The van der Waals surface area contributed by atoms with Gasteiger partial charge in [0.25, 0.3) is 0 Å². The van der Waals surface area contributed by atoms with E-state index in [9.17, 15) is 14.4 Å². The number of carbonyl (C=O) groups is 3. The zero-order chi connectivity index (χ0) is 47.2. The van der Waals surface area contributed by atoms with Crippen LogP contribution in [0.2, 0.25) is 0 Å². The van der Waals surface area contributed by atoms with Crippen LogP contribution in [0.4, 0.5) is 0 Å². The van der Waals surface area contributed by atoms with Gasteiger partial charge in [-0.3, -0.25) is 14.4 Å². The Kier molecular flexibility index (Phi) is 50.0. The summed E-state index contributed by atoms with van der Waals surface area (Å²) in [6.07, 6.45) is 69.8. The largest absolute Gasteiger partial charge is 0.462 e. The van der Waals surface area contributed by atoms with Crippen LogP contribution in [0.3, 0.4) is 0 Å². The minimum Gasteiger partial charge on any atom is -0.462 e. The molecule has 0 aliphatic rings. The number of rotatable bonds is 47. The van der Waals surface area contributed by atoms with Gasteiger partial charge in [-0.05, 0) is 89.9 Å². The number of carbonyl (C=O) groups excluding carboxylic acids is 3. The molecule has 0 heterocycles. The topological polar surface area (TPSA) is 78.9 Å². The van der Waals surface area contributed by atoms with Crippen LogP contribution in [-0.4, -0.2) is 37.2 Å². The van der Waals surface area contributed by atoms with Gasteiger partial charge in [0.05, 0.1) is 0 Å². The van der Waals surface area contributed by atoms with Crippen molar-refractivity contribution < 1.29 is 28.6 Å². The van der Waals surface area contributed by atoms with Crippen molar-refractivity contribution in [2.75, 3.05) is 13.2 Å². The molecule has 0 radical (unpaired) electrons. The van der Waals surface area contributed by atoms with Gasteiger partial charge in [0.1, 0.15) is 13.2 Å². The molecule has 0 N–H and O–H groups in total. The van der Waals surface area contributed by atoms with E-state index in [1.54, 1.807) is 0 Å². The molecule has 370 valence electrons. The summed E-state index contributed by atoms with van der Waals surface area (Å²) < 4.78 is 16.7. The van der Waals surface area contributed by atoms with E-state index >= 15 is 0 Å². The lowest BCUT2D eigenvalue weighted by atomic mass is 10.1. The Morgan fingerprint density at radius 2 is 0.631 bits per heavy atom. The molecule has 0 aromatic heterocycles.